The molecule has 0 amide bonds. The Morgan fingerprint density at radius 2 is 1.88 bits per heavy atom. The molecule has 0 atom stereocenters. The third kappa shape index (κ3) is 2.77. The molecule has 1 rings (SSSR count). The lowest BCUT2D eigenvalue weighted by Crippen LogP contribution is -2.19. The van der Waals surface area contributed by atoms with Gasteiger partial charge in [-0.3, -0.25) is 0 Å². The number of rotatable bonds is 3. The topological polar surface area (TPSA) is 29.5 Å². The van der Waals surface area contributed by atoms with E-state index in [9.17, 15) is 5.11 Å². The lowest BCUT2D eigenvalue weighted by Gasteiger charge is -2.25. The molecule has 0 bridgehead atoms. The Labute approximate surface area is 106 Å². The average molecular weight is 287 g/mol. The molecule has 3 heteroatoms. The van der Waals surface area contributed by atoms with Crippen LogP contribution in [-0.2, 0) is 5.60 Å². The van der Waals surface area contributed by atoms with Gasteiger partial charge in [0.15, 0.2) is 0 Å². The molecule has 0 aliphatic heterocycles. The van der Waals surface area contributed by atoms with Crippen LogP contribution in [0.1, 0.15) is 44.7 Å². The maximum Gasteiger partial charge on any atom is 0.123 e. The normalized spacial score (nSPS) is 12.0. The van der Waals surface area contributed by atoms with Gasteiger partial charge < -0.3 is 9.84 Å². The molecule has 2 nitrogen and oxygen atoms in total. The smallest absolute Gasteiger partial charge is 0.123 e. The maximum atomic E-state index is 10.2. The fraction of sp³-hybridized carbons (Fsp3) is 0.538. The van der Waals surface area contributed by atoms with Crippen LogP contribution in [-0.4, -0.2) is 12.2 Å². The molecule has 0 aromatic heterocycles. The van der Waals surface area contributed by atoms with Crippen molar-refractivity contribution in [2.24, 2.45) is 0 Å². The highest BCUT2D eigenvalue weighted by Gasteiger charge is 2.24. The predicted octanol–water partition coefficient (Wildman–Crippen LogP) is 3.81. The maximum absolute atomic E-state index is 10.2. The van der Waals surface area contributed by atoms with Crippen LogP contribution in [0, 0.1) is 0 Å². The summed E-state index contributed by atoms with van der Waals surface area (Å²) in [6, 6.07) is 3.89. The van der Waals surface area contributed by atoms with Gasteiger partial charge in [0.2, 0.25) is 0 Å². The minimum atomic E-state index is -0.864. The molecule has 90 valence electrons. The first-order chi connectivity index (χ1) is 7.27. The van der Waals surface area contributed by atoms with Gasteiger partial charge in [0.05, 0.1) is 12.7 Å². The Balaban J connectivity index is 3.51. The molecule has 0 aliphatic carbocycles. The summed E-state index contributed by atoms with van der Waals surface area (Å²) in [6.45, 7) is 7.78. The van der Waals surface area contributed by atoms with Gasteiger partial charge in [0.25, 0.3) is 0 Å². The van der Waals surface area contributed by atoms with E-state index in [2.05, 4.69) is 29.8 Å². The molecule has 0 radical (unpaired) electrons. The predicted molar refractivity (Wildman–Crippen MR) is 70.0 cm³/mol. The zero-order valence-electron chi connectivity index (χ0n) is 10.5. The van der Waals surface area contributed by atoms with Gasteiger partial charge in [-0.15, -0.1) is 0 Å². The quantitative estimate of drug-likeness (QED) is 0.916. The van der Waals surface area contributed by atoms with Gasteiger partial charge in [0.1, 0.15) is 5.75 Å². The number of hydrogen-bond donors (Lipinski definition) is 1. The monoisotopic (exact) mass is 286 g/mol. The molecular formula is C13H19BrO2. The molecule has 1 aromatic carbocycles. The zero-order valence-corrected chi connectivity index (χ0v) is 12.1. The van der Waals surface area contributed by atoms with Crippen molar-refractivity contribution in [3.8, 4) is 5.75 Å². The summed E-state index contributed by atoms with van der Waals surface area (Å²) >= 11 is 3.44. The fourth-order valence-corrected chi connectivity index (χ4v) is 2.30. The van der Waals surface area contributed by atoms with Crippen LogP contribution in [0.3, 0.4) is 0 Å². The average Bonchev–Trinajstić information content (AvgIpc) is 2.14. The highest BCUT2D eigenvalue weighted by Crippen LogP contribution is 2.38. The van der Waals surface area contributed by atoms with Crippen LogP contribution in [0.4, 0.5) is 0 Å². The molecule has 0 fully saturated rings. The van der Waals surface area contributed by atoms with Crippen LogP contribution < -0.4 is 4.74 Å². The number of hydrogen-bond acceptors (Lipinski definition) is 2. The van der Waals surface area contributed by atoms with Crippen molar-refractivity contribution < 1.29 is 9.84 Å². The SMILES string of the molecule is COc1cc(Br)cc(C(C)(C)O)c1C(C)C. The molecule has 1 N–H and O–H groups in total. The van der Waals surface area contributed by atoms with Gasteiger partial charge >= 0.3 is 0 Å². The second-order valence-electron chi connectivity index (χ2n) is 4.78. The van der Waals surface area contributed by atoms with Crippen LogP contribution in [0.15, 0.2) is 16.6 Å². The Hall–Kier alpha value is -0.540. The van der Waals surface area contributed by atoms with Crippen molar-refractivity contribution in [2.75, 3.05) is 7.11 Å². The Bertz CT molecular complexity index is 378. The van der Waals surface area contributed by atoms with E-state index in [-0.39, 0.29) is 0 Å². The summed E-state index contributed by atoms with van der Waals surface area (Å²) in [7, 11) is 1.65. The lowest BCUT2D eigenvalue weighted by molar-refractivity contribution is 0.0769. The lowest BCUT2D eigenvalue weighted by atomic mass is 9.87. The van der Waals surface area contributed by atoms with Gasteiger partial charge in [-0.25, -0.2) is 0 Å². The first-order valence-corrected chi connectivity index (χ1v) is 6.17. The van der Waals surface area contributed by atoms with E-state index >= 15 is 0 Å². The van der Waals surface area contributed by atoms with E-state index in [1.165, 1.54) is 0 Å². The van der Waals surface area contributed by atoms with E-state index in [1.807, 2.05) is 12.1 Å². The van der Waals surface area contributed by atoms with Crippen molar-refractivity contribution >= 4 is 15.9 Å². The Kier molecular flexibility index (Phi) is 4.02. The minimum absolute atomic E-state index is 0.310. The molecular weight excluding hydrogens is 268 g/mol. The first kappa shape index (κ1) is 13.5. The highest BCUT2D eigenvalue weighted by atomic mass is 79.9. The second kappa shape index (κ2) is 4.76. The molecule has 0 spiro atoms. The molecule has 0 aliphatic rings. The van der Waals surface area contributed by atoms with Crippen LogP contribution in [0.2, 0.25) is 0 Å². The molecule has 16 heavy (non-hydrogen) atoms. The second-order valence-corrected chi connectivity index (χ2v) is 5.70. The Morgan fingerprint density at radius 3 is 2.25 bits per heavy atom. The summed E-state index contributed by atoms with van der Waals surface area (Å²) in [4.78, 5) is 0. The minimum Gasteiger partial charge on any atom is -0.496 e. The summed E-state index contributed by atoms with van der Waals surface area (Å²) in [5.74, 6) is 1.13. The molecule has 0 saturated carbocycles. The van der Waals surface area contributed by atoms with Gasteiger partial charge in [-0.05, 0) is 37.5 Å². The van der Waals surface area contributed by atoms with Gasteiger partial charge in [-0.2, -0.15) is 0 Å². The van der Waals surface area contributed by atoms with Crippen molar-refractivity contribution in [1.29, 1.82) is 0 Å². The third-order valence-corrected chi connectivity index (χ3v) is 3.02. The zero-order chi connectivity index (χ0) is 12.5. The van der Waals surface area contributed by atoms with Crippen LogP contribution in [0.5, 0.6) is 5.75 Å². The molecule has 0 saturated heterocycles. The van der Waals surface area contributed by atoms with E-state index in [0.29, 0.717) is 5.92 Å². The standard InChI is InChI=1S/C13H19BrO2/c1-8(2)12-10(13(3,4)15)6-9(14)7-11(12)16-5/h6-8,15H,1-5H3. The van der Waals surface area contributed by atoms with E-state index in [1.54, 1.807) is 21.0 Å². The van der Waals surface area contributed by atoms with Gasteiger partial charge in [0, 0.05) is 10.0 Å². The summed E-state index contributed by atoms with van der Waals surface area (Å²) in [5, 5.41) is 10.2. The molecule has 0 unspecified atom stereocenters. The van der Waals surface area contributed by atoms with Gasteiger partial charge in [-0.1, -0.05) is 29.8 Å². The summed E-state index contributed by atoms with van der Waals surface area (Å²) in [6.07, 6.45) is 0. The van der Waals surface area contributed by atoms with Crippen molar-refractivity contribution in [1.82, 2.24) is 0 Å². The van der Waals surface area contributed by atoms with Crippen molar-refractivity contribution in [3.63, 3.8) is 0 Å². The molecule has 1 aromatic rings. The summed E-state index contributed by atoms with van der Waals surface area (Å²) < 4.78 is 6.30. The van der Waals surface area contributed by atoms with Crippen LogP contribution >= 0.6 is 15.9 Å². The number of halogens is 1. The number of methoxy groups -OCH3 is 1. The summed E-state index contributed by atoms with van der Waals surface area (Å²) in [5.41, 5.74) is 1.11. The van der Waals surface area contributed by atoms with Crippen molar-refractivity contribution in [3.05, 3.63) is 27.7 Å². The van der Waals surface area contributed by atoms with Crippen molar-refractivity contribution in [2.45, 2.75) is 39.2 Å². The van der Waals surface area contributed by atoms with Crippen LogP contribution in [0.25, 0.3) is 0 Å². The first-order valence-electron chi connectivity index (χ1n) is 5.37. The molecule has 0 heterocycles. The van der Waals surface area contributed by atoms with E-state index in [0.717, 1.165) is 21.3 Å². The fourth-order valence-electron chi connectivity index (χ4n) is 1.86. The number of benzene rings is 1. The van der Waals surface area contributed by atoms with E-state index < -0.39 is 5.60 Å². The number of aliphatic hydroxyl groups is 1. The third-order valence-electron chi connectivity index (χ3n) is 2.56. The number of ether oxygens (including phenoxy) is 1. The Morgan fingerprint density at radius 1 is 1.31 bits per heavy atom. The highest BCUT2D eigenvalue weighted by molar-refractivity contribution is 9.10. The largest absolute Gasteiger partial charge is 0.496 e. The van der Waals surface area contributed by atoms with E-state index in [4.69, 9.17) is 4.74 Å².